The van der Waals surface area contributed by atoms with Crippen LogP contribution in [0, 0.1) is 11.8 Å². The Balaban J connectivity index is 1.21. The average molecular weight is 758 g/mol. The number of amides is 3. The number of carbonyl (C=O) groups is 3. The first-order valence-corrected chi connectivity index (χ1v) is 20.7. The highest BCUT2D eigenvalue weighted by molar-refractivity contribution is 7.91. The molecule has 0 radical (unpaired) electrons. The van der Waals surface area contributed by atoms with Gasteiger partial charge in [-0.05, 0) is 69.7 Å². The molecule has 7 rings (SSSR count). The second-order valence-electron chi connectivity index (χ2n) is 15.7. The van der Waals surface area contributed by atoms with Crippen molar-refractivity contribution in [2.45, 2.75) is 94.2 Å². The Morgan fingerprint density at radius 2 is 1.80 bits per heavy atom. The van der Waals surface area contributed by atoms with Crippen molar-refractivity contribution in [3.05, 3.63) is 67.3 Å². The Hall–Kier alpha value is -4.49. The van der Waals surface area contributed by atoms with Gasteiger partial charge in [0.25, 0.3) is 5.91 Å². The molecule has 3 heterocycles. The van der Waals surface area contributed by atoms with Crippen molar-refractivity contribution in [2.24, 2.45) is 11.8 Å². The summed E-state index contributed by atoms with van der Waals surface area (Å²) in [4.78, 5) is 51.6. The van der Waals surface area contributed by atoms with Gasteiger partial charge in [0.15, 0.2) is 0 Å². The van der Waals surface area contributed by atoms with Crippen LogP contribution in [0.4, 0.5) is 0 Å². The fourth-order valence-electron chi connectivity index (χ4n) is 8.01. The Bertz CT molecular complexity index is 2010. The third kappa shape index (κ3) is 7.84. The van der Waals surface area contributed by atoms with E-state index in [9.17, 15) is 22.8 Å². The second kappa shape index (κ2) is 15.3. The maximum Gasteiger partial charge on any atom is 0.259 e. The first-order valence-electron chi connectivity index (χ1n) is 19.2. The van der Waals surface area contributed by atoms with Crippen molar-refractivity contribution in [1.29, 1.82) is 0 Å². The highest BCUT2D eigenvalue weighted by Gasteiger charge is 2.62. The zero-order valence-electron chi connectivity index (χ0n) is 31.3. The molecule has 5 atom stereocenters. The maximum absolute atomic E-state index is 14.8. The minimum absolute atomic E-state index is 0.142. The molecule has 12 nitrogen and oxygen atoms in total. The molecule has 1 aromatic heterocycles. The van der Waals surface area contributed by atoms with Gasteiger partial charge < -0.3 is 19.7 Å². The quantitative estimate of drug-likeness (QED) is 0.221. The Morgan fingerprint density at radius 3 is 2.44 bits per heavy atom. The number of pyridine rings is 1. The molecule has 0 bridgehead atoms. The number of hydrogen-bond donors (Lipinski definition) is 2. The standard InChI is InChI=1S/C41H51N5O7S/c1-5-28-24-41(28,40(49)44-54(50,51)31-15-16-31)43-38(47)35-22-30(25-46(35)39(48)36(20-26(2)3)45-18-10-7-11-19-45)53-37-23-33(27-12-8-6-9-13-27)42-34-21-29(52-4)14-17-32(34)37/h5-6,8-9,12-14,17,21,23,26,28,30-31,35-36H,1,7,10-11,15-16,18-20,22,24-25H2,2-4H3,(H,43,47)(H,44,49)/t28?,30-,35+,36+,41?/m1/s1. The lowest BCUT2D eigenvalue weighted by atomic mass is 9.98. The van der Waals surface area contributed by atoms with Crippen molar-refractivity contribution >= 4 is 38.6 Å². The normalized spacial score (nSPS) is 24.9. The molecular formula is C41H51N5O7S. The van der Waals surface area contributed by atoms with Crippen LogP contribution in [0.3, 0.4) is 0 Å². The number of rotatable bonds is 14. The SMILES string of the molecule is C=CC1CC1(NC(=O)[C@@H]1C[C@@H](Oc2cc(-c3ccccc3)nc3cc(OC)ccc23)CN1C(=O)[C@H](CC(C)C)N1CCCCC1)C(=O)NS(=O)(=O)C1CC1. The number of hydrogen-bond acceptors (Lipinski definition) is 9. The van der Waals surface area contributed by atoms with Crippen molar-refractivity contribution in [2.75, 3.05) is 26.7 Å². The van der Waals surface area contributed by atoms with Gasteiger partial charge in [-0.1, -0.05) is 56.7 Å². The molecule has 2 saturated heterocycles. The van der Waals surface area contributed by atoms with Gasteiger partial charge >= 0.3 is 0 Å². The fraction of sp³-hybridized carbons (Fsp3) is 0.512. The van der Waals surface area contributed by atoms with Gasteiger partial charge in [-0.25, -0.2) is 13.4 Å². The lowest BCUT2D eigenvalue weighted by molar-refractivity contribution is -0.144. The van der Waals surface area contributed by atoms with Crippen LogP contribution >= 0.6 is 0 Å². The van der Waals surface area contributed by atoms with Crippen molar-refractivity contribution < 1.29 is 32.3 Å². The second-order valence-corrected chi connectivity index (χ2v) is 17.6. The van der Waals surface area contributed by atoms with E-state index < -0.39 is 56.7 Å². The molecule has 4 fully saturated rings. The van der Waals surface area contributed by atoms with Crippen molar-refractivity contribution in [3.8, 4) is 22.8 Å². The average Bonchev–Trinajstić information content (AvgIpc) is 4.10. The predicted octanol–water partition coefficient (Wildman–Crippen LogP) is 4.83. The Morgan fingerprint density at radius 1 is 1.06 bits per heavy atom. The number of piperidine rings is 1. The Kier molecular flexibility index (Phi) is 10.7. The summed E-state index contributed by atoms with van der Waals surface area (Å²) in [6, 6.07) is 15.9. The summed E-state index contributed by atoms with van der Waals surface area (Å²) in [6.07, 6.45) is 6.13. The summed E-state index contributed by atoms with van der Waals surface area (Å²) in [5.41, 5.74) is 0.807. The van der Waals surface area contributed by atoms with E-state index in [4.69, 9.17) is 14.5 Å². The minimum Gasteiger partial charge on any atom is -0.497 e. The number of fused-ring (bicyclic) bond motifs is 1. The fourth-order valence-corrected chi connectivity index (χ4v) is 9.37. The molecule has 3 aromatic rings. The van der Waals surface area contributed by atoms with Crippen LogP contribution in [-0.2, 0) is 24.4 Å². The number of nitrogens with zero attached hydrogens (tertiary/aromatic N) is 3. The lowest BCUT2D eigenvalue weighted by Crippen LogP contribution is -2.58. The molecule has 2 N–H and O–H groups in total. The number of sulfonamides is 1. The molecule has 2 unspecified atom stereocenters. The van der Waals surface area contributed by atoms with Gasteiger partial charge in [-0.3, -0.25) is 24.0 Å². The van der Waals surface area contributed by atoms with Crippen LogP contribution in [-0.4, -0.2) is 96.6 Å². The molecular weight excluding hydrogens is 707 g/mol. The molecule has 3 amide bonds. The van der Waals surface area contributed by atoms with Gasteiger partial charge in [0, 0.05) is 35.4 Å². The van der Waals surface area contributed by atoms with Gasteiger partial charge in [-0.15, -0.1) is 6.58 Å². The van der Waals surface area contributed by atoms with Crippen molar-refractivity contribution in [3.63, 3.8) is 0 Å². The number of likely N-dealkylation sites (tertiary alicyclic amines) is 2. The monoisotopic (exact) mass is 757 g/mol. The minimum atomic E-state index is -3.85. The molecule has 2 aromatic carbocycles. The van der Waals surface area contributed by atoms with E-state index in [2.05, 4.69) is 35.4 Å². The highest BCUT2D eigenvalue weighted by Crippen LogP contribution is 2.46. The number of nitrogens with one attached hydrogen (secondary N) is 2. The number of aromatic nitrogens is 1. The summed E-state index contributed by atoms with van der Waals surface area (Å²) in [5.74, 6) is -0.438. The molecule has 2 saturated carbocycles. The van der Waals surface area contributed by atoms with Gasteiger partial charge in [0.2, 0.25) is 21.8 Å². The van der Waals surface area contributed by atoms with Crippen LogP contribution in [0.2, 0.25) is 0 Å². The van der Waals surface area contributed by atoms with E-state index in [0.29, 0.717) is 42.0 Å². The maximum atomic E-state index is 14.8. The molecule has 0 spiro atoms. The molecule has 288 valence electrons. The topological polar surface area (TPSA) is 147 Å². The molecule has 13 heteroatoms. The molecule has 54 heavy (non-hydrogen) atoms. The van der Waals surface area contributed by atoms with Crippen molar-refractivity contribution in [1.82, 2.24) is 24.8 Å². The van der Waals surface area contributed by atoms with E-state index in [1.807, 2.05) is 54.6 Å². The zero-order valence-corrected chi connectivity index (χ0v) is 32.1. The number of methoxy groups -OCH3 is 1. The summed E-state index contributed by atoms with van der Waals surface area (Å²) in [5, 5.41) is 3.08. The first-order chi connectivity index (χ1) is 25.9. The van der Waals surface area contributed by atoms with E-state index in [1.54, 1.807) is 18.1 Å². The van der Waals surface area contributed by atoms with Gasteiger partial charge in [0.05, 0.1) is 36.2 Å². The molecule has 2 aliphatic heterocycles. The van der Waals surface area contributed by atoms with E-state index >= 15 is 0 Å². The summed E-state index contributed by atoms with van der Waals surface area (Å²) in [7, 11) is -2.25. The van der Waals surface area contributed by atoms with Crippen LogP contribution in [0.15, 0.2) is 67.3 Å². The van der Waals surface area contributed by atoms with Gasteiger partial charge in [-0.2, -0.15) is 0 Å². The summed E-state index contributed by atoms with van der Waals surface area (Å²) < 4.78 is 40.1. The van der Waals surface area contributed by atoms with E-state index in [0.717, 1.165) is 43.3 Å². The lowest BCUT2D eigenvalue weighted by Gasteiger charge is -2.38. The predicted molar refractivity (Wildman–Crippen MR) is 206 cm³/mol. The summed E-state index contributed by atoms with van der Waals surface area (Å²) >= 11 is 0. The first kappa shape index (κ1) is 37.8. The Labute approximate surface area is 317 Å². The number of carbonyl (C=O) groups excluding carboxylic acids is 3. The van der Waals surface area contributed by atoms with Crippen LogP contribution in [0.25, 0.3) is 22.2 Å². The third-order valence-electron chi connectivity index (χ3n) is 11.3. The smallest absolute Gasteiger partial charge is 0.259 e. The molecule has 4 aliphatic rings. The van der Waals surface area contributed by atoms with Crippen LogP contribution < -0.4 is 19.5 Å². The largest absolute Gasteiger partial charge is 0.497 e. The van der Waals surface area contributed by atoms with Crippen LogP contribution in [0.5, 0.6) is 11.5 Å². The number of benzene rings is 2. The zero-order chi connectivity index (χ0) is 38.2. The van der Waals surface area contributed by atoms with E-state index in [-0.39, 0.29) is 31.2 Å². The molecule has 2 aliphatic carbocycles. The summed E-state index contributed by atoms with van der Waals surface area (Å²) in [6.45, 7) is 9.80. The van der Waals surface area contributed by atoms with Crippen LogP contribution in [0.1, 0.15) is 65.2 Å². The highest BCUT2D eigenvalue weighted by atomic mass is 32.2. The number of ether oxygens (including phenoxy) is 2. The van der Waals surface area contributed by atoms with E-state index in [1.165, 1.54) is 0 Å². The van der Waals surface area contributed by atoms with Gasteiger partial charge in [0.1, 0.15) is 29.2 Å². The third-order valence-corrected chi connectivity index (χ3v) is 13.1.